The third kappa shape index (κ3) is 4.73. The van der Waals surface area contributed by atoms with Crippen LogP contribution in [0.5, 0.6) is 11.5 Å². The molecule has 0 spiro atoms. The molecule has 3 aromatic carbocycles. The van der Waals surface area contributed by atoms with Crippen molar-refractivity contribution in [2.45, 2.75) is 18.6 Å². The minimum Gasteiger partial charge on any atom is -0.457 e. The highest BCUT2D eigenvalue weighted by atomic mass is 28.3. The molecule has 0 heterocycles. The van der Waals surface area contributed by atoms with Crippen LogP contribution in [0.4, 0.5) is 13.2 Å². The maximum Gasteiger partial charge on any atom is 0.162 e. The number of benzene rings is 3. The van der Waals surface area contributed by atoms with E-state index in [0.717, 1.165) is 12.1 Å². The summed E-state index contributed by atoms with van der Waals surface area (Å²) in [5.74, 6) is -1.04. The SMILES string of the molecule is C[Si](C)C(C(F)=C(F)c1ccc(F)cc1)c1cccc(Oc2ccccc2)c1. The molecule has 28 heavy (non-hydrogen) atoms. The van der Waals surface area contributed by atoms with Gasteiger partial charge >= 0.3 is 0 Å². The highest BCUT2D eigenvalue weighted by Crippen LogP contribution is 2.36. The quantitative estimate of drug-likeness (QED) is 0.396. The van der Waals surface area contributed by atoms with Gasteiger partial charge < -0.3 is 4.74 Å². The summed E-state index contributed by atoms with van der Waals surface area (Å²) in [5, 5.41) is 0. The molecule has 0 fully saturated rings. The van der Waals surface area contributed by atoms with Crippen molar-refractivity contribution < 1.29 is 17.9 Å². The third-order valence-corrected chi connectivity index (χ3v) is 6.05. The van der Waals surface area contributed by atoms with Gasteiger partial charge in [-0.05, 0) is 54.1 Å². The highest BCUT2D eigenvalue weighted by Gasteiger charge is 2.26. The first-order valence-electron chi connectivity index (χ1n) is 8.89. The van der Waals surface area contributed by atoms with Crippen LogP contribution < -0.4 is 4.74 Å². The molecule has 5 heteroatoms. The van der Waals surface area contributed by atoms with Gasteiger partial charge in [0, 0.05) is 11.1 Å². The van der Waals surface area contributed by atoms with E-state index in [2.05, 4.69) is 0 Å². The summed E-state index contributed by atoms with van der Waals surface area (Å²) < 4.78 is 48.8. The molecule has 0 aliphatic rings. The van der Waals surface area contributed by atoms with Crippen molar-refractivity contribution in [2.24, 2.45) is 0 Å². The summed E-state index contributed by atoms with van der Waals surface area (Å²) in [6, 6.07) is 21.1. The number of hydrogen-bond donors (Lipinski definition) is 0. The van der Waals surface area contributed by atoms with E-state index in [-0.39, 0.29) is 5.56 Å². The van der Waals surface area contributed by atoms with Gasteiger partial charge in [-0.15, -0.1) is 0 Å². The zero-order valence-corrected chi connectivity index (χ0v) is 16.6. The third-order valence-electron chi connectivity index (χ3n) is 4.31. The maximum atomic E-state index is 15.1. The van der Waals surface area contributed by atoms with Crippen LogP contribution in [0.15, 0.2) is 84.7 Å². The molecule has 0 aliphatic heterocycles. The van der Waals surface area contributed by atoms with E-state index >= 15 is 4.39 Å². The van der Waals surface area contributed by atoms with Gasteiger partial charge in [0.15, 0.2) is 5.83 Å². The zero-order chi connectivity index (χ0) is 20.1. The van der Waals surface area contributed by atoms with Crippen molar-refractivity contribution >= 4 is 14.6 Å². The average molecular weight is 397 g/mol. The van der Waals surface area contributed by atoms with E-state index in [9.17, 15) is 8.78 Å². The molecule has 0 aliphatic carbocycles. The topological polar surface area (TPSA) is 9.23 Å². The van der Waals surface area contributed by atoms with Crippen LogP contribution in [0.2, 0.25) is 13.1 Å². The van der Waals surface area contributed by atoms with Gasteiger partial charge in [-0.1, -0.05) is 43.4 Å². The molecule has 1 unspecified atom stereocenters. The predicted octanol–water partition coefficient (Wildman–Crippen LogP) is 7.30. The van der Waals surface area contributed by atoms with Gasteiger partial charge in [0.1, 0.15) is 23.1 Å². The molecule has 0 saturated carbocycles. The molecular formula is C23H20F3OSi. The largest absolute Gasteiger partial charge is 0.457 e. The Hall–Kier alpha value is -2.79. The van der Waals surface area contributed by atoms with E-state index in [4.69, 9.17) is 4.74 Å². The predicted molar refractivity (Wildman–Crippen MR) is 109 cm³/mol. The Morgan fingerprint density at radius 1 is 0.821 bits per heavy atom. The lowest BCUT2D eigenvalue weighted by atomic mass is 10.1. The van der Waals surface area contributed by atoms with Crippen LogP contribution in [0, 0.1) is 5.82 Å². The molecule has 3 rings (SSSR count). The molecule has 0 aromatic heterocycles. The molecule has 1 radical (unpaired) electrons. The minimum atomic E-state index is -1.28. The first-order chi connectivity index (χ1) is 13.5. The molecule has 1 nitrogen and oxygen atoms in total. The Balaban J connectivity index is 1.94. The number of halogens is 3. The minimum absolute atomic E-state index is 0.0313. The Kier molecular flexibility index (Phi) is 6.36. The summed E-state index contributed by atoms with van der Waals surface area (Å²) in [6.45, 7) is 3.86. The molecule has 0 saturated heterocycles. The number of rotatable bonds is 6. The van der Waals surface area contributed by atoms with Crippen molar-refractivity contribution in [2.75, 3.05) is 0 Å². The van der Waals surface area contributed by atoms with Crippen LogP contribution in [-0.2, 0) is 0 Å². The van der Waals surface area contributed by atoms with Gasteiger partial charge in [0.05, 0.1) is 8.80 Å². The number of allylic oxidation sites excluding steroid dienone is 1. The van der Waals surface area contributed by atoms with E-state index in [0.29, 0.717) is 17.1 Å². The van der Waals surface area contributed by atoms with E-state index < -0.39 is 31.8 Å². The number of ether oxygens (including phenoxy) is 1. The van der Waals surface area contributed by atoms with Gasteiger partial charge in [-0.25, -0.2) is 13.2 Å². The van der Waals surface area contributed by atoms with E-state index in [1.807, 2.05) is 43.4 Å². The first-order valence-corrected chi connectivity index (χ1v) is 11.5. The smallest absolute Gasteiger partial charge is 0.162 e. The fourth-order valence-electron chi connectivity index (χ4n) is 2.98. The summed E-state index contributed by atoms with van der Waals surface area (Å²) in [5.41, 5.74) is 0.000276. The summed E-state index contributed by atoms with van der Waals surface area (Å²) >= 11 is 0. The molecule has 143 valence electrons. The van der Waals surface area contributed by atoms with Crippen molar-refractivity contribution in [3.63, 3.8) is 0 Å². The molecule has 3 aromatic rings. The highest BCUT2D eigenvalue weighted by molar-refractivity contribution is 6.58. The second-order valence-electron chi connectivity index (χ2n) is 6.67. The Labute approximate surface area is 164 Å². The lowest BCUT2D eigenvalue weighted by Gasteiger charge is -2.20. The van der Waals surface area contributed by atoms with Crippen molar-refractivity contribution in [3.8, 4) is 11.5 Å². The normalized spacial score (nSPS) is 13.2. The average Bonchev–Trinajstić information content (AvgIpc) is 2.69. The fraction of sp³-hybridized carbons (Fsp3) is 0.130. The van der Waals surface area contributed by atoms with Crippen molar-refractivity contribution in [3.05, 3.63) is 102 Å². The molecule has 1 atom stereocenters. The van der Waals surface area contributed by atoms with Gasteiger partial charge in [0.2, 0.25) is 0 Å². The van der Waals surface area contributed by atoms with Crippen LogP contribution in [0.1, 0.15) is 16.7 Å². The van der Waals surface area contributed by atoms with E-state index in [1.54, 1.807) is 24.3 Å². The second kappa shape index (κ2) is 8.93. The second-order valence-corrected chi connectivity index (χ2v) is 9.40. The fourth-order valence-corrected chi connectivity index (χ4v) is 4.46. The Morgan fingerprint density at radius 3 is 2.11 bits per heavy atom. The monoisotopic (exact) mass is 397 g/mol. The summed E-state index contributed by atoms with van der Waals surface area (Å²) in [7, 11) is -1.28. The number of hydrogen-bond acceptors (Lipinski definition) is 1. The van der Waals surface area contributed by atoms with Crippen molar-refractivity contribution in [1.29, 1.82) is 0 Å². The Morgan fingerprint density at radius 2 is 1.46 bits per heavy atom. The standard InChI is InChI=1S/C23H20F3OSi/c1-28(2)23(22(26)21(25)16-11-13-18(24)14-12-16)17-7-6-10-20(15-17)27-19-8-4-3-5-9-19/h3-15,23H,1-2H3. The van der Waals surface area contributed by atoms with Crippen LogP contribution >= 0.6 is 0 Å². The lowest BCUT2D eigenvalue weighted by Crippen LogP contribution is -2.17. The number of para-hydroxylation sites is 1. The van der Waals surface area contributed by atoms with E-state index in [1.165, 1.54) is 12.1 Å². The summed E-state index contributed by atoms with van der Waals surface area (Å²) in [6.07, 6.45) is 0. The zero-order valence-electron chi connectivity index (χ0n) is 15.6. The van der Waals surface area contributed by atoms with Gasteiger partial charge in [-0.2, -0.15) is 0 Å². The van der Waals surface area contributed by atoms with Crippen molar-refractivity contribution in [1.82, 2.24) is 0 Å². The maximum absolute atomic E-state index is 15.1. The Bertz CT molecular complexity index is 953. The molecule has 0 N–H and O–H groups in total. The lowest BCUT2D eigenvalue weighted by molar-refractivity contribution is 0.481. The van der Waals surface area contributed by atoms with Gasteiger partial charge in [0.25, 0.3) is 0 Å². The first kappa shape index (κ1) is 20.0. The van der Waals surface area contributed by atoms with Crippen LogP contribution in [0.25, 0.3) is 5.83 Å². The molecule has 0 bridgehead atoms. The molecular weight excluding hydrogens is 377 g/mol. The van der Waals surface area contributed by atoms with Crippen LogP contribution in [-0.4, -0.2) is 8.80 Å². The van der Waals surface area contributed by atoms with Gasteiger partial charge in [-0.3, -0.25) is 0 Å². The summed E-state index contributed by atoms with van der Waals surface area (Å²) in [4.78, 5) is 0. The molecule has 0 amide bonds. The van der Waals surface area contributed by atoms with Crippen LogP contribution in [0.3, 0.4) is 0 Å².